The van der Waals surface area contributed by atoms with Crippen LogP contribution in [0.5, 0.6) is 0 Å². The summed E-state index contributed by atoms with van der Waals surface area (Å²) in [5, 5.41) is 2.86. The van der Waals surface area contributed by atoms with Crippen LogP contribution in [0.3, 0.4) is 0 Å². The third-order valence-corrected chi connectivity index (χ3v) is 3.92. The van der Waals surface area contributed by atoms with E-state index in [1.54, 1.807) is 24.1 Å². The number of fused-ring (bicyclic) bond motifs is 1. The number of carbonyl (C=O) groups excluding carboxylic acids is 2. The summed E-state index contributed by atoms with van der Waals surface area (Å²) < 4.78 is 0. The van der Waals surface area contributed by atoms with Crippen LogP contribution < -0.4 is 15.1 Å². The second-order valence-corrected chi connectivity index (χ2v) is 5.98. The van der Waals surface area contributed by atoms with Gasteiger partial charge in [0.25, 0.3) is 5.91 Å². The van der Waals surface area contributed by atoms with Crippen molar-refractivity contribution in [3.05, 3.63) is 42.4 Å². The summed E-state index contributed by atoms with van der Waals surface area (Å²) in [5.41, 5.74) is 1.54. The highest BCUT2D eigenvalue weighted by Gasteiger charge is 2.29. The Morgan fingerprint density at radius 3 is 2.67 bits per heavy atom. The molecule has 1 aromatic heterocycles. The van der Waals surface area contributed by atoms with Gasteiger partial charge in [-0.2, -0.15) is 0 Å². The summed E-state index contributed by atoms with van der Waals surface area (Å²) in [5.74, 6) is -0.0289. The fourth-order valence-corrected chi connectivity index (χ4v) is 2.52. The molecule has 0 bridgehead atoms. The summed E-state index contributed by atoms with van der Waals surface area (Å²) in [6.45, 7) is 2.08. The van der Waals surface area contributed by atoms with E-state index in [2.05, 4.69) is 15.3 Å². The van der Waals surface area contributed by atoms with Crippen LogP contribution in [-0.4, -0.2) is 42.4 Å². The van der Waals surface area contributed by atoms with Crippen LogP contribution in [0.2, 0.25) is 0 Å². The Bertz CT molecular complexity index is 773. The molecule has 0 saturated heterocycles. The maximum Gasteiger partial charge on any atom is 0.278 e. The van der Waals surface area contributed by atoms with E-state index in [1.807, 2.05) is 37.2 Å². The quantitative estimate of drug-likeness (QED) is 0.910. The Labute approximate surface area is 140 Å². The number of amides is 2. The lowest BCUT2D eigenvalue weighted by molar-refractivity contribution is -0.119. The van der Waals surface area contributed by atoms with Gasteiger partial charge in [-0.3, -0.25) is 9.59 Å². The predicted molar refractivity (Wildman–Crippen MR) is 92.3 cm³/mol. The average Bonchev–Trinajstić information content (AvgIpc) is 2.71. The third kappa shape index (κ3) is 2.92. The number of anilines is 3. The van der Waals surface area contributed by atoms with E-state index >= 15 is 0 Å². The first-order valence-corrected chi connectivity index (χ1v) is 7.68. The fourth-order valence-electron chi connectivity index (χ4n) is 2.52. The number of carbonyl (C=O) groups is 2. The number of benzene rings is 1. The maximum absolute atomic E-state index is 12.9. The van der Waals surface area contributed by atoms with Crippen molar-refractivity contribution in [3.8, 4) is 0 Å². The zero-order valence-corrected chi connectivity index (χ0v) is 13.9. The standard InChI is InChI=1S/C17H19N5O2/c1-11-10-22(14-7-5-4-6-12(14)20-16(11)23)17(24)13-8-19-15(9-18-13)21(2)3/h4-9,11H,10H2,1-3H3,(H,20,23). The van der Waals surface area contributed by atoms with Gasteiger partial charge in [0.15, 0.2) is 0 Å². The first-order valence-electron chi connectivity index (χ1n) is 7.68. The molecule has 124 valence electrons. The number of aromatic nitrogens is 2. The second kappa shape index (κ2) is 6.27. The molecule has 1 unspecified atom stereocenters. The topological polar surface area (TPSA) is 78.4 Å². The molecule has 1 aliphatic rings. The van der Waals surface area contributed by atoms with Gasteiger partial charge in [0.1, 0.15) is 11.5 Å². The Morgan fingerprint density at radius 1 is 1.25 bits per heavy atom. The molecular formula is C17H19N5O2. The van der Waals surface area contributed by atoms with E-state index in [9.17, 15) is 9.59 Å². The minimum absolute atomic E-state index is 0.105. The Balaban J connectivity index is 1.97. The summed E-state index contributed by atoms with van der Waals surface area (Å²) in [4.78, 5) is 36.9. The molecule has 24 heavy (non-hydrogen) atoms. The predicted octanol–water partition coefficient (Wildman–Crippen LogP) is 1.78. The van der Waals surface area contributed by atoms with Crippen molar-refractivity contribution in [1.82, 2.24) is 9.97 Å². The highest BCUT2D eigenvalue weighted by atomic mass is 16.2. The molecule has 1 aromatic carbocycles. The molecule has 0 aliphatic carbocycles. The largest absolute Gasteiger partial charge is 0.361 e. The van der Waals surface area contributed by atoms with Crippen molar-refractivity contribution in [1.29, 1.82) is 0 Å². The summed E-state index contributed by atoms with van der Waals surface area (Å²) >= 11 is 0. The first kappa shape index (κ1) is 15.9. The lowest BCUT2D eigenvalue weighted by Crippen LogP contribution is -2.36. The zero-order chi connectivity index (χ0) is 17.3. The van der Waals surface area contributed by atoms with Gasteiger partial charge in [0.05, 0.1) is 29.7 Å². The normalized spacial score (nSPS) is 16.9. The van der Waals surface area contributed by atoms with Crippen molar-refractivity contribution in [2.24, 2.45) is 5.92 Å². The highest BCUT2D eigenvalue weighted by Crippen LogP contribution is 2.30. The molecule has 0 saturated carbocycles. The molecular weight excluding hydrogens is 306 g/mol. The smallest absolute Gasteiger partial charge is 0.278 e. The average molecular weight is 325 g/mol. The van der Waals surface area contributed by atoms with Gasteiger partial charge in [-0.05, 0) is 12.1 Å². The number of hydrogen-bond acceptors (Lipinski definition) is 5. The van der Waals surface area contributed by atoms with Crippen LogP contribution in [-0.2, 0) is 4.79 Å². The molecule has 1 N–H and O–H groups in total. The zero-order valence-electron chi connectivity index (χ0n) is 13.9. The Kier molecular flexibility index (Phi) is 4.16. The SMILES string of the molecule is CC1CN(C(=O)c2cnc(N(C)C)cn2)c2ccccc2NC1=O. The minimum Gasteiger partial charge on any atom is -0.361 e. The van der Waals surface area contributed by atoms with Crippen LogP contribution >= 0.6 is 0 Å². The van der Waals surface area contributed by atoms with Crippen LogP contribution in [0.25, 0.3) is 0 Å². The van der Waals surface area contributed by atoms with E-state index in [0.717, 1.165) is 0 Å². The van der Waals surface area contributed by atoms with Gasteiger partial charge < -0.3 is 15.1 Å². The van der Waals surface area contributed by atoms with Crippen LogP contribution in [0.1, 0.15) is 17.4 Å². The molecule has 7 heteroatoms. The van der Waals surface area contributed by atoms with Crippen LogP contribution in [0.15, 0.2) is 36.7 Å². The molecule has 2 aromatic rings. The molecule has 1 atom stereocenters. The number of para-hydroxylation sites is 2. The Morgan fingerprint density at radius 2 is 2.00 bits per heavy atom. The molecule has 7 nitrogen and oxygen atoms in total. The summed E-state index contributed by atoms with van der Waals surface area (Å²) in [6.07, 6.45) is 3.02. The maximum atomic E-state index is 12.9. The van der Waals surface area contributed by atoms with E-state index in [-0.39, 0.29) is 23.4 Å². The van der Waals surface area contributed by atoms with E-state index < -0.39 is 0 Å². The monoisotopic (exact) mass is 325 g/mol. The van der Waals surface area contributed by atoms with Crippen molar-refractivity contribution in [2.75, 3.05) is 35.8 Å². The van der Waals surface area contributed by atoms with Gasteiger partial charge in [-0.15, -0.1) is 0 Å². The minimum atomic E-state index is -0.324. The van der Waals surface area contributed by atoms with Crippen molar-refractivity contribution in [2.45, 2.75) is 6.92 Å². The van der Waals surface area contributed by atoms with E-state index in [4.69, 9.17) is 0 Å². The van der Waals surface area contributed by atoms with Gasteiger partial charge in [0, 0.05) is 20.6 Å². The van der Waals surface area contributed by atoms with Crippen molar-refractivity contribution >= 4 is 29.0 Å². The number of nitrogens with zero attached hydrogens (tertiary/aromatic N) is 4. The lowest BCUT2D eigenvalue weighted by Gasteiger charge is -2.23. The van der Waals surface area contributed by atoms with Gasteiger partial charge in [-0.1, -0.05) is 19.1 Å². The first-order chi connectivity index (χ1) is 11.5. The van der Waals surface area contributed by atoms with Crippen LogP contribution in [0, 0.1) is 5.92 Å². The molecule has 0 fully saturated rings. The van der Waals surface area contributed by atoms with Gasteiger partial charge in [-0.25, -0.2) is 9.97 Å². The summed E-state index contributed by atoms with van der Waals surface area (Å²) in [7, 11) is 3.71. The lowest BCUT2D eigenvalue weighted by atomic mass is 10.1. The van der Waals surface area contributed by atoms with Crippen LogP contribution in [0.4, 0.5) is 17.2 Å². The molecule has 2 heterocycles. The fraction of sp³-hybridized carbons (Fsp3) is 0.294. The molecule has 0 spiro atoms. The molecule has 2 amide bonds. The van der Waals surface area contributed by atoms with Gasteiger partial charge in [0.2, 0.25) is 5.91 Å². The molecule has 1 aliphatic heterocycles. The molecule has 3 rings (SSSR count). The van der Waals surface area contributed by atoms with Crippen molar-refractivity contribution in [3.63, 3.8) is 0 Å². The molecule has 0 radical (unpaired) electrons. The van der Waals surface area contributed by atoms with E-state index in [0.29, 0.717) is 23.7 Å². The number of hydrogen-bond donors (Lipinski definition) is 1. The summed E-state index contributed by atoms with van der Waals surface area (Å²) in [6, 6.07) is 7.26. The van der Waals surface area contributed by atoms with E-state index in [1.165, 1.54) is 6.20 Å². The number of rotatable bonds is 2. The highest BCUT2D eigenvalue weighted by molar-refractivity contribution is 6.09. The second-order valence-electron chi connectivity index (χ2n) is 5.98. The Hall–Kier alpha value is -2.96. The van der Waals surface area contributed by atoms with Gasteiger partial charge >= 0.3 is 0 Å². The number of nitrogens with one attached hydrogen (secondary N) is 1. The van der Waals surface area contributed by atoms with Crippen molar-refractivity contribution < 1.29 is 9.59 Å². The third-order valence-electron chi connectivity index (χ3n) is 3.92.